The minimum absolute atomic E-state index is 0.0308. The number of carbonyl (C=O) groups is 1. The van der Waals surface area contributed by atoms with Crippen molar-refractivity contribution in [3.8, 4) is 11.4 Å². The van der Waals surface area contributed by atoms with E-state index < -0.39 is 46.0 Å². The number of aromatic amines is 1. The van der Waals surface area contributed by atoms with Gasteiger partial charge in [-0.15, -0.1) is 0 Å². The Labute approximate surface area is 225 Å². The molecule has 2 N–H and O–H groups in total. The Bertz CT molecular complexity index is 1420. The lowest BCUT2D eigenvalue weighted by Gasteiger charge is -2.28. The van der Waals surface area contributed by atoms with Crippen LogP contribution in [-0.2, 0) is 28.9 Å². The third-order valence-corrected chi connectivity index (χ3v) is 6.90. The van der Waals surface area contributed by atoms with Crippen LogP contribution in [0.15, 0.2) is 41.2 Å². The van der Waals surface area contributed by atoms with Crippen molar-refractivity contribution >= 4 is 17.5 Å². The number of nitrogens with zero attached hydrogens (tertiary/aromatic N) is 1. The maximum Gasteiger partial charge on any atom is 0.417 e. The van der Waals surface area contributed by atoms with Crippen LogP contribution in [0.25, 0.3) is 11.4 Å². The summed E-state index contributed by atoms with van der Waals surface area (Å²) < 4.78 is 75.9. The smallest absolute Gasteiger partial charge is 0.374 e. The summed E-state index contributed by atoms with van der Waals surface area (Å²) in [4.78, 5) is 30.0. The van der Waals surface area contributed by atoms with Crippen LogP contribution in [0.2, 0.25) is 5.02 Å². The van der Waals surface area contributed by atoms with Crippen molar-refractivity contribution in [3.63, 3.8) is 0 Å². The lowest BCUT2D eigenvalue weighted by Crippen LogP contribution is -2.34. The van der Waals surface area contributed by atoms with E-state index in [1.165, 1.54) is 0 Å². The van der Waals surface area contributed by atoms with Crippen LogP contribution in [0.1, 0.15) is 48.1 Å². The summed E-state index contributed by atoms with van der Waals surface area (Å²) in [6, 6.07) is 8.88. The Morgan fingerprint density at radius 2 is 1.85 bits per heavy atom. The normalized spacial score (nSPS) is 17.7. The van der Waals surface area contributed by atoms with E-state index >= 15 is 4.39 Å². The van der Waals surface area contributed by atoms with Crippen molar-refractivity contribution in [2.24, 2.45) is 5.92 Å². The maximum absolute atomic E-state index is 15.4. The number of rotatable bonds is 7. The summed E-state index contributed by atoms with van der Waals surface area (Å²) in [7, 11) is 0. The maximum atomic E-state index is 15.4. The predicted molar refractivity (Wildman–Crippen MR) is 134 cm³/mol. The van der Waals surface area contributed by atoms with Gasteiger partial charge in [0.2, 0.25) is 11.7 Å². The van der Waals surface area contributed by atoms with Crippen molar-refractivity contribution in [1.82, 2.24) is 15.3 Å². The molecule has 1 aliphatic carbocycles. The van der Waals surface area contributed by atoms with Crippen molar-refractivity contribution in [1.29, 1.82) is 0 Å². The van der Waals surface area contributed by atoms with E-state index in [1.54, 1.807) is 6.07 Å². The zero-order valence-electron chi connectivity index (χ0n) is 20.8. The molecule has 3 aromatic rings. The molecule has 0 radical (unpaired) electrons. The molecule has 6 nitrogen and oxygen atoms in total. The molecular weight excluding hydrogens is 545 g/mol. The van der Waals surface area contributed by atoms with Gasteiger partial charge in [0, 0.05) is 23.0 Å². The molecule has 1 aliphatic rings. The molecule has 4 rings (SSSR count). The van der Waals surface area contributed by atoms with E-state index in [4.69, 9.17) is 16.3 Å². The summed E-state index contributed by atoms with van der Waals surface area (Å²) >= 11 is 5.99. The zero-order valence-corrected chi connectivity index (χ0v) is 21.6. The molecule has 0 spiro atoms. The van der Waals surface area contributed by atoms with Gasteiger partial charge in [0.05, 0.1) is 29.5 Å². The number of aromatic nitrogens is 2. The van der Waals surface area contributed by atoms with Crippen molar-refractivity contribution in [2.75, 3.05) is 0 Å². The lowest BCUT2D eigenvalue weighted by atomic mass is 9.86. The van der Waals surface area contributed by atoms with Gasteiger partial charge in [0.15, 0.2) is 0 Å². The third kappa shape index (κ3) is 6.83. The number of halogens is 6. The number of benzene rings is 2. The zero-order chi connectivity index (χ0) is 28.3. The highest BCUT2D eigenvalue weighted by atomic mass is 35.5. The highest BCUT2D eigenvalue weighted by molar-refractivity contribution is 6.30. The van der Waals surface area contributed by atoms with Gasteiger partial charge in [0.25, 0.3) is 5.56 Å². The van der Waals surface area contributed by atoms with E-state index in [2.05, 4.69) is 10.3 Å². The molecule has 39 heavy (non-hydrogen) atoms. The topological polar surface area (TPSA) is 84.1 Å². The SMILES string of the molecule is Cc1nc(-c2c(C(F)(F)F)ccc(CNC(=O)C3CCC(OCc4cccc(Cl)c4)CC3)c2F)[nH]c(=O)c1F. The summed E-state index contributed by atoms with van der Waals surface area (Å²) in [6.45, 7) is 1.09. The van der Waals surface area contributed by atoms with Crippen molar-refractivity contribution < 1.29 is 31.5 Å². The molecule has 1 aromatic heterocycles. The number of ether oxygens (including phenoxy) is 1. The third-order valence-electron chi connectivity index (χ3n) is 6.67. The molecular formula is C27H25ClF5N3O3. The Balaban J connectivity index is 1.41. The van der Waals surface area contributed by atoms with Crippen LogP contribution in [0, 0.1) is 24.5 Å². The first-order chi connectivity index (χ1) is 18.4. The molecule has 0 aliphatic heterocycles. The van der Waals surface area contributed by atoms with Crippen molar-refractivity contribution in [3.05, 3.63) is 85.8 Å². The number of aryl methyl sites for hydroxylation is 1. The largest absolute Gasteiger partial charge is 0.417 e. The van der Waals surface area contributed by atoms with Gasteiger partial charge in [0.1, 0.15) is 11.6 Å². The van der Waals surface area contributed by atoms with Crippen LogP contribution in [0.5, 0.6) is 0 Å². The first kappa shape index (κ1) is 28.7. The number of alkyl halides is 3. The highest BCUT2D eigenvalue weighted by Gasteiger charge is 2.37. The molecule has 208 valence electrons. The average Bonchev–Trinajstić information content (AvgIpc) is 2.89. The number of hydrogen-bond acceptors (Lipinski definition) is 4. The van der Waals surface area contributed by atoms with Gasteiger partial charge < -0.3 is 15.0 Å². The first-order valence-corrected chi connectivity index (χ1v) is 12.6. The Morgan fingerprint density at radius 3 is 2.49 bits per heavy atom. The minimum Gasteiger partial charge on any atom is -0.374 e. The van der Waals surface area contributed by atoms with E-state index in [-0.39, 0.29) is 30.0 Å². The minimum atomic E-state index is -4.98. The average molecular weight is 570 g/mol. The molecule has 1 amide bonds. The van der Waals surface area contributed by atoms with Crippen LogP contribution in [-0.4, -0.2) is 22.0 Å². The molecule has 2 aromatic carbocycles. The fraction of sp³-hybridized carbons (Fsp3) is 0.370. The Kier molecular flexibility index (Phi) is 8.70. The molecule has 1 heterocycles. The van der Waals surface area contributed by atoms with Crippen LogP contribution in [0.3, 0.4) is 0 Å². The van der Waals surface area contributed by atoms with E-state index in [1.807, 2.05) is 23.2 Å². The van der Waals surface area contributed by atoms with Gasteiger partial charge in [-0.05, 0) is 56.4 Å². The summed E-state index contributed by atoms with van der Waals surface area (Å²) in [6.07, 6.45) is -2.66. The number of carbonyl (C=O) groups excluding carboxylic acids is 1. The fourth-order valence-corrected chi connectivity index (χ4v) is 4.79. The summed E-state index contributed by atoms with van der Waals surface area (Å²) in [5, 5.41) is 3.21. The molecule has 0 saturated heterocycles. The number of H-pyrrole nitrogens is 1. The Hall–Kier alpha value is -3.31. The highest BCUT2D eigenvalue weighted by Crippen LogP contribution is 2.38. The molecule has 1 fully saturated rings. The standard InChI is InChI=1S/C27H25ClF5N3O3/c1-14-22(29)26(38)36-24(35-14)21-20(27(31,32)33)10-7-17(23(21)30)12-34-25(37)16-5-8-19(9-6-16)39-13-15-3-2-4-18(28)11-15/h2-4,7,10-11,16,19H,5-6,8-9,12-13H2,1H3,(H,34,37)(H,35,36,38). The lowest BCUT2D eigenvalue weighted by molar-refractivity contribution is -0.137. The molecule has 12 heteroatoms. The summed E-state index contributed by atoms with van der Waals surface area (Å²) in [5.74, 6) is -4.06. The molecule has 0 unspecified atom stereocenters. The quantitative estimate of drug-likeness (QED) is 0.337. The van der Waals surface area contributed by atoms with Gasteiger partial charge in [-0.3, -0.25) is 9.59 Å². The van der Waals surface area contributed by atoms with Crippen LogP contribution in [0.4, 0.5) is 22.0 Å². The van der Waals surface area contributed by atoms with E-state index in [0.717, 1.165) is 18.6 Å². The Morgan fingerprint density at radius 1 is 1.13 bits per heavy atom. The number of nitrogens with one attached hydrogen (secondary N) is 2. The van der Waals surface area contributed by atoms with Gasteiger partial charge in [-0.25, -0.2) is 9.37 Å². The first-order valence-electron chi connectivity index (χ1n) is 12.2. The second-order valence-electron chi connectivity index (χ2n) is 9.41. The van der Waals surface area contributed by atoms with Crippen molar-refractivity contribution in [2.45, 2.75) is 58.0 Å². The van der Waals surface area contributed by atoms with Crippen LogP contribution < -0.4 is 10.9 Å². The van der Waals surface area contributed by atoms with Crippen LogP contribution >= 0.6 is 11.6 Å². The molecule has 1 saturated carbocycles. The number of amides is 1. The second-order valence-corrected chi connectivity index (χ2v) is 9.84. The monoisotopic (exact) mass is 569 g/mol. The second kappa shape index (κ2) is 11.8. The predicted octanol–water partition coefficient (Wildman–Crippen LogP) is 6.09. The number of hydrogen-bond donors (Lipinski definition) is 2. The fourth-order valence-electron chi connectivity index (χ4n) is 4.57. The van der Waals surface area contributed by atoms with E-state index in [0.29, 0.717) is 43.4 Å². The molecule has 0 atom stereocenters. The van der Waals surface area contributed by atoms with Gasteiger partial charge in [-0.2, -0.15) is 17.6 Å². The van der Waals surface area contributed by atoms with Gasteiger partial charge >= 0.3 is 6.18 Å². The molecule has 0 bridgehead atoms. The summed E-state index contributed by atoms with van der Waals surface area (Å²) in [5.41, 5.74) is -3.51. The van der Waals surface area contributed by atoms with Gasteiger partial charge in [-0.1, -0.05) is 29.8 Å². The van der Waals surface area contributed by atoms with E-state index in [9.17, 15) is 27.2 Å².